The fraction of sp³-hybridized carbons (Fsp3) is 0.529. The third-order valence-electron chi connectivity index (χ3n) is 3.84. The molecule has 0 aliphatic rings. The number of aliphatic imine (C=N–C) groups is 1. The summed E-state index contributed by atoms with van der Waals surface area (Å²) in [6, 6.07) is 3.90. The van der Waals surface area contributed by atoms with E-state index in [1.54, 1.807) is 6.26 Å². The van der Waals surface area contributed by atoms with Crippen molar-refractivity contribution >= 4 is 5.96 Å². The summed E-state index contributed by atoms with van der Waals surface area (Å²) in [4.78, 5) is 4.70. The van der Waals surface area contributed by atoms with E-state index in [0.717, 1.165) is 49.0 Å². The van der Waals surface area contributed by atoms with Gasteiger partial charge in [-0.15, -0.1) is 0 Å². The van der Waals surface area contributed by atoms with E-state index < -0.39 is 0 Å². The van der Waals surface area contributed by atoms with Crippen molar-refractivity contribution in [1.29, 1.82) is 0 Å². The quantitative estimate of drug-likeness (QED) is 0.607. The number of nitrogens with one attached hydrogen (secondary N) is 2. The maximum Gasteiger partial charge on any atom is 0.191 e. The zero-order valence-electron chi connectivity index (χ0n) is 14.5. The zero-order valence-corrected chi connectivity index (χ0v) is 14.5. The van der Waals surface area contributed by atoms with Crippen molar-refractivity contribution in [3.05, 3.63) is 41.1 Å². The van der Waals surface area contributed by atoms with Gasteiger partial charge in [0, 0.05) is 37.8 Å². The number of rotatable bonds is 7. The van der Waals surface area contributed by atoms with Crippen LogP contribution in [0.1, 0.15) is 36.1 Å². The third-order valence-corrected chi connectivity index (χ3v) is 3.84. The van der Waals surface area contributed by atoms with Crippen molar-refractivity contribution in [3.63, 3.8) is 0 Å². The van der Waals surface area contributed by atoms with Crippen LogP contribution in [0.3, 0.4) is 0 Å². The van der Waals surface area contributed by atoms with Gasteiger partial charge in [-0.2, -0.15) is 5.10 Å². The molecule has 0 amide bonds. The largest absolute Gasteiger partial charge is 0.469 e. The minimum atomic E-state index is 0.630. The van der Waals surface area contributed by atoms with Crippen LogP contribution in [0.2, 0.25) is 0 Å². The number of furan rings is 1. The highest BCUT2D eigenvalue weighted by molar-refractivity contribution is 5.79. The molecule has 2 aromatic rings. The second-order valence-corrected chi connectivity index (χ2v) is 5.62. The highest BCUT2D eigenvalue weighted by Gasteiger charge is 2.09. The van der Waals surface area contributed by atoms with Gasteiger partial charge < -0.3 is 15.1 Å². The van der Waals surface area contributed by atoms with E-state index in [1.807, 2.05) is 30.8 Å². The second kappa shape index (κ2) is 8.41. The topological polar surface area (TPSA) is 67.4 Å². The molecule has 0 atom stereocenters. The highest BCUT2D eigenvalue weighted by atomic mass is 16.3. The minimum absolute atomic E-state index is 0.630. The first-order chi connectivity index (χ1) is 11.1. The molecule has 0 aromatic carbocycles. The van der Waals surface area contributed by atoms with Crippen LogP contribution in [-0.2, 0) is 20.0 Å². The minimum Gasteiger partial charge on any atom is -0.469 e. The molecule has 0 aliphatic heterocycles. The summed E-state index contributed by atoms with van der Waals surface area (Å²) < 4.78 is 7.26. The maximum atomic E-state index is 5.35. The summed E-state index contributed by atoms with van der Waals surface area (Å²) in [6.07, 6.45) is 3.60. The zero-order chi connectivity index (χ0) is 16.7. The average molecular weight is 317 g/mol. The Kier molecular flexibility index (Phi) is 6.26. The van der Waals surface area contributed by atoms with Crippen molar-refractivity contribution in [2.75, 3.05) is 13.1 Å². The van der Waals surface area contributed by atoms with Crippen LogP contribution in [-0.4, -0.2) is 28.8 Å². The predicted molar refractivity (Wildman–Crippen MR) is 92.5 cm³/mol. The Hall–Kier alpha value is -2.24. The molecular weight excluding hydrogens is 290 g/mol. The van der Waals surface area contributed by atoms with Gasteiger partial charge >= 0.3 is 0 Å². The van der Waals surface area contributed by atoms with Crippen molar-refractivity contribution in [2.24, 2.45) is 12.0 Å². The Labute approximate surface area is 138 Å². The predicted octanol–water partition coefficient (Wildman–Crippen LogP) is 2.32. The smallest absolute Gasteiger partial charge is 0.191 e. The molecule has 23 heavy (non-hydrogen) atoms. The molecule has 2 rings (SSSR count). The first-order valence-electron chi connectivity index (χ1n) is 8.15. The molecule has 6 heteroatoms. The standard InChI is InChI=1S/C17H27N5O/c1-5-9-18-17(19-10-8-15-7-6-11-23-15)20-12-16-13(2)21-22(4)14(16)3/h6-7,11H,5,8-10,12H2,1-4H3,(H2,18,19,20). The summed E-state index contributed by atoms with van der Waals surface area (Å²) in [5.74, 6) is 1.81. The first-order valence-corrected chi connectivity index (χ1v) is 8.15. The molecule has 0 fully saturated rings. The Balaban J connectivity index is 1.95. The van der Waals surface area contributed by atoms with Gasteiger partial charge in [0.05, 0.1) is 18.5 Å². The van der Waals surface area contributed by atoms with Gasteiger partial charge in [0.25, 0.3) is 0 Å². The van der Waals surface area contributed by atoms with Gasteiger partial charge in [-0.25, -0.2) is 4.99 Å². The molecule has 0 unspecified atom stereocenters. The number of aryl methyl sites for hydroxylation is 2. The van der Waals surface area contributed by atoms with E-state index in [0.29, 0.717) is 6.54 Å². The Bertz CT molecular complexity index is 628. The van der Waals surface area contributed by atoms with E-state index in [9.17, 15) is 0 Å². The van der Waals surface area contributed by atoms with E-state index in [-0.39, 0.29) is 0 Å². The lowest BCUT2D eigenvalue weighted by Gasteiger charge is -2.11. The number of aromatic nitrogens is 2. The molecule has 0 aliphatic carbocycles. The van der Waals surface area contributed by atoms with E-state index >= 15 is 0 Å². The van der Waals surface area contributed by atoms with Crippen molar-refractivity contribution in [3.8, 4) is 0 Å². The van der Waals surface area contributed by atoms with Gasteiger partial charge in [-0.3, -0.25) is 4.68 Å². The molecular formula is C17H27N5O. The molecule has 6 nitrogen and oxygen atoms in total. The number of guanidine groups is 1. The monoisotopic (exact) mass is 317 g/mol. The van der Waals surface area contributed by atoms with Crippen LogP contribution in [0, 0.1) is 13.8 Å². The van der Waals surface area contributed by atoms with Crippen LogP contribution in [0.25, 0.3) is 0 Å². The van der Waals surface area contributed by atoms with E-state index in [4.69, 9.17) is 9.41 Å². The van der Waals surface area contributed by atoms with Gasteiger partial charge in [-0.1, -0.05) is 6.92 Å². The fourth-order valence-corrected chi connectivity index (χ4v) is 2.38. The molecule has 0 saturated carbocycles. The Morgan fingerprint density at radius 2 is 2.09 bits per heavy atom. The average Bonchev–Trinajstić information content (AvgIpc) is 3.12. The van der Waals surface area contributed by atoms with Crippen molar-refractivity contribution < 1.29 is 4.42 Å². The Morgan fingerprint density at radius 1 is 1.30 bits per heavy atom. The highest BCUT2D eigenvalue weighted by Crippen LogP contribution is 2.12. The number of nitrogens with zero attached hydrogens (tertiary/aromatic N) is 3. The van der Waals surface area contributed by atoms with Crippen LogP contribution < -0.4 is 10.6 Å². The summed E-state index contributed by atoms with van der Waals surface area (Å²) in [6.45, 7) is 8.56. The molecule has 0 bridgehead atoms. The molecule has 0 radical (unpaired) electrons. The number of hydrogen-bond donors (Lipinski definition) is 2. The fourth-order valence-electron chi connectivity index (χ4n) is 2.38. The van der Waals surface area contributed by atoms with Crippen LogP contribution in [0.15, 0.2) is 27.8 Å². The van der Waals surface area contributed by atoms with Gasteiger partial charge in [0.15, 0.2) is 5.96 Å². The molecule has 126 valence electrons. The SMILES string of the molecule is CCCNC(=NCc1c(C)nn(C)c1C)NCCc1ccco1. The summed E-state index contributed by atoms with van der Waals surface area (Å²) >= 11 is 0. The van der Waals surface area contributed by atoms with Crippen LogP contribution in [0.4, 0.5) is 0 Å². The van der Waals surface area contributed by atoms with Gasteiger partial charge in [0.2, 0.25) is 0 Å². The van der Waals surface area contributed by atoms with Gasteiger partial charge in [0.1, 0.15) is 5.76 Å². The third kappa shape index (κ3) is 4.87. The van der Waals surface area contributed by atoms with Crippen molar-refractivity contribution in [2.45, 2.75) is 40.2 Å². The summed E-state index contributed by atoms with van der Waals surface area (Å²) in [5.41, 5.74) is 3.40. The first kappa shape index (κ1) is 17.1. The second-order valence-electron chi connectivity index (χ2n) is 5.62. The maximum absolute atomic E-state index is 5.35. The lowest BCUT2D eigenvalue weighted by atomic mass is 10.2. The number of hydrogen-bond acceptors (Lipinski definition) is 3. The lowest BCUT2D eigenvalue weighted by molar-refractivity contribution is 0.506. The molecule has 2 N–H and O–H groups in total. The van der Waals surface area contributed by atoms with Crippen LogP contribution in [0.5, 0.6) is 0 Å². The van der Waals surface area contributed by atoms with Crippen molar-refractivity contribution in [1.82, 2.24) is 20.4 Å². The molecule has 0 saturated heterocycles. The van der Waals surface area contributed by atoms with Crippen LogP contribution >= 0.6 is 0 Å². The normalized spacial score (nSPS) is 11.7. The molecule has 2 aromatic heterocycles. The molecule has 0 spiro atoms. The van der Waals surface area contributed by atoms with E-state index in [1.165, 1.54) is 5.56 Å². The Morgan fingerprint density at radius 3 is 2.70 bits per heavy atom. The lowest BCUT2D eigenvalue weighted by Crippen LogP contribution is -2.38. The molecule has 2 heterocycles. The van der Waals surface area contributed by atoms with E-state index in [2.05, 4.69) is 29.6 Å². The summed E-state index contributed by atoms with van der Waals surface area (Å²) in [7, 11) is 1.97. The van der Waals surface area contributed by atoms with Gasteiger partial charge in [-0.05, 0) is 32.4 Å². The summed E-state index contributed by atoms with van der Waals surface area (Å²) in [5, 5.41) is 11.1.